The van der Waals surface area contributed by atoms with Crippen molar-refractivity contribution in [2.24, 2.45) is 0 Å². The number of carbonyl (C=O) groups excluding carboxylic acids is 1. The van der Waals surface area contributed by atoms with Crippen molar-refractivity contribution in [3.8, 4) is 11.1 Å². The summed E-state index contributed by atoms with van der Waals surface area (Å²) in [4.78, 5) is 11.5. The van der Waals surface area contributed by atoms with E-state index in [-0.39, 0.29) is 18.5 Å². The summed E-state index contributed by atoms with van der Waals surface area (Å²) in [6.45, 7) is 2.89. The summed E-state index contributed by atoms with van der Waals surface area (Å²) in [6.07, 6.45) is 2.68. The Morgan fingerprint density at radius 3 is 2.77 bits per heavy atom. The van der Waals surface area contributed by atoms with E-state index in [4.69, 9.17) is 4.74 Å². The van der Waals surface area contributed by atoms with Gasteiger partial charge in [0.2, 0.25) is 0 Å². The minimum absolute atomic E-state index is 0.116. The highest BCUT2D eigenvalue weighted by Crippen LogP contribution is 2.28. The van der Waals surface area contributed by atoms with Crippen LogP contribution in [0, 0.1) is 6.92 Å². The van der Waals surface area contributed by atoms with Crippen molar-refractivity contribution in [1.29, 1.82) is 0 Å². The molecule has 2 heterocycles. The molecule has 3 aromatic rings. The number of hydrogen-bond acceptors (Lipinski definition) is 3. The maximum absolute atomic E-state index is 11.5. The molecule has 4 nitrogen and oxygen atoms in total. The lowest BCUT2D eigenvalue weighted by atomic mass is 10.0. The van der Waals surface area contributed by atoms with Gasteiger partial charge in [0.05, 0.1) is 12.5 Å². The van der Waals surface area contributed by atoms with Gasteiger partial charge in [0.25, 0.3) is 0 Å². The number of rotatable bonds is 4. The number of aryl methyl sites for hydroxylation is 1. The minimum atomic E-state index is -0.569. The number of aromatic nitrogens is 1. The second-order valence-electron chi connectivity index (χ2n) is 7.06. The number of esters is 1. The summed E-state index contributed by atoms with van der Waals surface area (Å²) in [6, 6.07) is 17.1. The van der Waals surface area contributed by atoms with Gasteiger partial charge in [-0.3, -0.25) is 4.79 Å². The molecule has 0 unspecified atom stereocenters. The maximum atomic E-state index is 11.5. The first-order valence-corrected chi connectivity index (χ1v) is 9.12. The van der Waals surface area contributed by atoms with E-state index in [0.717, 1.165) is 13.0 Å². The number of hydrogen-bond donors (Lipinski definition) is 1. The molecule has 134 valence electrons. The second-order valence-corrected chi connectivity index (χ2v) is 7.06. The highest BCUT2D eigenvalue weighted by molar-refractivity contribution is 5.87. The molecule has 0 radical (unpaired) electrons. The van der Waals surface area contributed by atoms with Gasteiger partial charge in [0, 0.05) is 36.8 Å². The van der Waals surface area contributed by atoms with Gasteiger partial charge in [-0.2, -0.15) is 0 Å². The Hall–Kier alpha value is -2.59. The van der Waals surface area contributed by atoms with Crippen molar-refractivity contribution in [2.75, 3.05) is 0 Å². The fraction of sp³-hybridized carbons (Fsp3) is 0.318. The molecule has 2 aromatic carbocycles. The number of benzene rings is 2. The van der Waals surface area contributed by atoms with Crippen LogP contribution in [-0.4, -0.2) is 27.9 Å². The number of aliphatic hydroxyl groups is 1. The van der Waals surface area contributed by atoms with Gasteiger partial charge in [-0.05, 0) is 35.4 Å². The molecule has 0 aliphatic carbocycles. The largest absolute Gasteiger partial charge is 0.462 e. The van der Waals surface area contributed by atoms with Crippen molar-refractivity contribution in [3.05, 3.63) is 60.4 Å². The van der Waals surface area contributed by atoms with E-state index < -0.39 is 6.10 Å². The number of nitrogens with zero attached hydrogens (tertiary/aromatic N) is 1. The third kappa shape index (κ3) is 3.37. The first-order valence-electron chi connectivity index (χ1n) is 9.12. The van der Waals surface area contributed by atoms with Crippen molar-refractivity contribution in [3.63, 3.8) is 0 Å². The van der Waals surface area contributed by atoms with E-state index >= 15 is 0 Å². The molecule has 1 N–H and O–H groups in total. The van der Waals surface area contributed by atoms with Gasteiger partial charge in [-0.1, -0.05) is 36.4 Å². The normalized spacial score (nSPS) is 20.3. The topological polar surface area (TPSA) is 51.5 Å². The Morgan fingerprint density at radius 2 is 1.96 bits per heavy atom. The van der Waals surface area contributed by atoms with Crippen LogP contribution in [0.5, 0.6) is 0 Å². The number of cyclic esters (lactones) is 1. The van der Waals surface area contributed by atoms with E-state index in [1.165, 1.54) is 27.6 Å². The molecule has 0 amide bonds. The summed E-state index contributed by atoms with van der Waals surface area (Å²) in [7, 11) is 0. The summed E-state index contributed by atoms with van der Waals surface area (Å²) in [5.41, 5.74) is 3.62. The van der Waals surface area contributed by atoms with E-state index in [0.29, 0.717) is 6.42 Å². The van der Waals surface area contributed by atoms with Crippen LogP contribution in [-0.2, 0) is 16.1 Å². The molecule has 1 aromatic heterocycles. The SMILES string of the molecule is Cc1c(-c2ccc3ccccc3c2)ccn1CC[C@H]1C[C@H](O)CC(=O)O1. The molecule has 1 aliphatic heterocycles. The van der Waals surface area contributed by atoms with Crippen molar-refractivity contribution >= 4 is 16.7 Å². The van der Waals surface area contributed by atoms with E-state index in [1.807, 2.05) is 0 Å². The van der Waals surface area contributed by atoms with Crippen LogP contribution in [0.3, 0.4) is 0 Å². The Balaban J connectivity index is 1.51. The molecule has 26 heavy (non-hydrogen) atoms. The van der Waals surface area contributed by atoms with Gasteiger partial charge >= 0.3 is 5.97 Å². The second kappa shape index (κ2) is 6.96. The zero-order valence-electron chi connectivity index (χ0n) is 14.9. The number of carbonyl (C=O) groups is 1. The third-order valence-corrected chi connectivity index (χ3v) is 5.23. The molecule has 0 bridgehead atoms. The highest BCUT2D eigenvalue weighted by atomic mass is 16.5. The third-order valence-electron chi connectivity index (χ3n) is 5.23. The van der Waals surface area contributed by atoms with Crippen LogP contribution in [0.4, 0.5) is 0 Å². The summed E-state index contributed by atoms with van der Waals surface area (Å²) in [5.74, 6) is -0.296. The molecule has 1 fully saturated rings. The monoisotopic (exact) mass is 349 g/mol. The van der Waals surface area contributed by atoms with Crippen LogP contribution in [0.2, 0.25) is 0 Å². The molecule has 2 atom stereocenters. The Bertz CT molecular complexity index is 943. The Kier molecular flexibility index (Phi) is 4.51. The van der Waals surface area contributed by atoms with E-state index in [9.17, 15) is 9.90 Å². The standard InChI is InChI=1S/C22H23NO3/c1-15-21(18-7-6-16-4-2-3-5-17(16)12-18)9-11-23(15)10-8-20-13-19(24)14-22(25)26-20/h2-7,9,11-12,19-20,24H,8,10,13-14H2,1H3/t19-,20-/m0/s1. The molecular formula is C22H23NO3. The highest BCUT2D eigenvalue weighted by Gasteiger charge is 2.27. The summed E-state index contributed by atoms with van der Waals surface area (Å²) < 4.78 is 7.54. The van der Waals surface area contributed by atoms with Gasteiger partial charge < -0.3 is 14.4 Å². The zero-order chi connectivity index (χ0) is 18.1. The average molecular weight is 349 g/mol. The molecular weight excluding hydrogens is 326 g/mol. The van der Waals surface area contributed by atoms with Crippen LogP contribution in [0.1, 0.15) is 25.0 Å². The summed E-state index contributed by atoms with van der Waals surface area (Å²) in [5, 5.41) is 12.2. The first-order chi connectivity index (χ1) is 12.6. The molecule has 1 aliphatic rings. The molecule has 0 spiro atoms. The average Bonchev–Trinajstić information content (AvgIpc) is 2.99. The van der Waals surface area contributed by atoms with Gasteiger partial charge in [-0.25, -0.2) is 0 Å². The fourth-order valence-corrected chi connectivity index (χ4v) is 3.78. The lowest BCUT2D eigenvalue weighted by Crippen LogP contribution is -2.33. The smallest absolute Gasteiger partial charge is 0.308 e. The Morgan fingerprint density at radius 1 is 1.15 bits per heavy atom. The van der Waals surface area contributed by atoms with Crippen molar-refractivity contribution in [1.82, 2.24) is 4.57 Å². The predicted octanol–water partition coefficient (Wildman–Crippen LogP) is 4.07. The van der Waals surface area contributed by atoms with Gasteiger partial charge in [-0.15, -0.1) is 0 Å². The maximum Gasteiger partial charge on any atom is 0.308 e. The minimum Gasteiger partial charge on any atom is -0.462 e. The quantitative estimate of drug-likeness (QED) is 0.722. The van der Waals surface area contributed by atoms with Crippen molar-refractivity contribution < 1.29 is 14.6 Å². The van der Waals surface area contributed by atoms with Crippen LogP contribution in [0.25, 0.3) is 21.9 Å². The lowest BCUT2D eigenvalue weighted by molar-refractivity contribution is -0.160. The molecule has 4 heteroatoms. The molecule has 1 saturated heterocycles. The number of fused-ring (bicyclic) bond motifs is 1. The van der Waals surface area contributed by atoms with E-state index in [1.54, 1.807) is 0 Å². The van der Waals surface area contributed by atoms with E-state index in [2.05, 4.69) is 66.2 Å². The van der Waals surface area contributed by atoms with Crippen molar-refractivity contribution in [2.45, 2.75) is 44.9 Å². The van der Waals surface area contributed by atoms with Crippen LogP contribution >= 0.6 is 0 Å². The Labute approximate surface area is 153 Å². The first kappa shape index (κ1) is 16.9. The predicted molar refractivity (Wildman–Crippen MR) is 102 cm³/mol. The molecule has 4 rings (SSSR count). The zero-order valence-corrected chi connectivity index (χ0v) is 14.9. The molecule has 0 saturated carbocycles. The van der Waals surface area contributed by atoms with Crippen LogP contribution < -0.4 is 0 Å². The lowest BCUT2D eigenvalue weighted by Gasteiger charge is -2.26. The van der Waals surface area contributed by atoms with Gasteiger partial charge in [0.15, 0.2) is 0 Å². The summed E-state index contributed by atoms with van der Waals surface area (Å²) >= 11 is 0. The number of ether oxygens (including phenoxy) is 1. The van der Waals surface area contributed by atoms with Gasteiger partial charge in [0.1, 0.15) is 6.10 Å². The number of aliphatic hydroxyl groups excluding tert-OH is 1. The fourth-order valence-electron chi connectivity index (χ4n) is 3.78. The van der Waals surface area contributed by atoms with Crippen LogP contribution in [0.15, 0.2) is 54.7 Å².